The molecule has 0 aliphatic rings. The van der Waals surface area contributed by atoms with Crippen molar-refractivity contribution in [3.8, 4) is 5.75 Å². The number of rotatable bonds is 5. The van der Waals surface area contributed by atoms with E-state index in [1.165, 1.54) is 0 Å². The highest BCUT2D eigenvalue weighted by atomic mass is 19.1. The summed E-state index contributed by atoms with van der Waals surface area (Å²) in [5.41, 5.74) is 0.554. The third-order valence-electron chi connectivity index (χ3n) is 2.63. The maximum Gasteiger partial charge on any atom is 0.239 e. The molecule has 0 spiro atoms. The van der Waals surface area contributed by atoms with E-state index in [0.29, 0.717) is 5.75 Å². The van der Waals surface area contributed by atoms with Gasteiger partial charge in [0.25, 0.3) is 0 Å². The molecule has 1 heterocycles. The van der Waals surface area contributed by atoms with Crippen LogP contribution in [-0.4, -0.2) is 33.8 Å². The van der Waals surface area contributed by atoms with E-state index in [9.17, 15) is 8.78 Å². The molecule has 0 atom stereocenters. The van der Waals surface area contributed by atoms with Crippen LogP contribution in [0.2, 0.25) is 0 Å². The lowest BCUT2D eigenvalue weighted by molar-refractivity contribution is 0.300. The van der Waals surface area contributed by atoms with Gasteiger partial charge in [-0.15, -0.1) is 5.10 Å². The van der Waals surface area contributed by atoms with E-state index in [2.05, 4.69) is 10.3 Å². The molecule has 1 N–H and O–H groups in total. The average Bonchev–Trinajstić information content (AvgIpc) is 2.81. The highest BCUT2D eigenvalue weighted by molar-refractivity contribution is 5.45. The zero-order valence-electron chi connectivity index (χ0n) is 10.8. The Bertz CT molecular complexity index is 609. The highest BCUT2D eigenvalue weighted by Gasteiger charge is 2.11. The van der Waals surface area contributed by atoms with E-state index >= 15 is 0 Å². The SMILES string of the molecule is COc1ccc(Cn2nnc(/C=C(\F)CO)c2F)cc1. The molecule has 1 aromatic heterocycles. The van der Waals surface area contributed by atoms with Gasteiger partial charge in [-0.3, -0.25) is 0 Å². The second kappa shape index (κ2) is 6.25. The summed E-state index contributed by atoms with van der Waals surface area (Å²) in [5, 5.41) is 15.7. The van der Waals surface area contributed by atoms with Gasteiger partial charge in [-0.05, 0) is 17.7 Å². The van der Waals surface area contributed by atoms with Crippen LogP contribution in [0.1, 0.15) is 11.3 Å². The second-order valence-corrected chi connectivity index (χ2v) is 4.02. The summed E-state index contributed by atoms with van der Waals surface area (Å²) in [4.78, 5) is 0. The molecule has 0 saturated carbocycles. The van der Waals surface area contributed by atoms with Gasteiger partial charge in [-0.25, -0.2) is 9.07 Å². The van der Waals surface area contributed by atoms with Crippen molar-refractivity contribution in [2.75, 3.05) is 13.7 Å². The van der Waals surface area contributed by atoms with E-state index in [1.54, 1.807) is 31.4 Å². The van der Waals surface area contributed by atoms with Crippen LogP contribution >= 0.6 is 0 Å². The van der Waals surface area contributed by atoms with Gasteiger partial charge in [0.05, 0.1) is 20.3 Å². The van der Waals surface area contributed by atoms with Crippen LogP contribution in [0.4, 0.5) is 8.78 Å². The molecular formula is C13H13F2N3O2. The predicted molar refractivity (Wildman–Crippen MR) is 68.2 cm³/mol. The highest BCUT2D eigenvalue weighted by Crippen LogP contribution is 2.14. The van der Waals surface area contributed by atoms with Crippen LogP contribution < -0.4 is 4.74 Å². The van der Waals surface area contributed by atoms with Crippen molar-refractivity contribution in [3.05, 3.63) is 47.3 Å². The van der Waals surface area contributed by atoms with Crippen molar-refractivity contribution < 1.29 is 18.6 Å². The lowest BCUT2D eigenvalue weighted by Gasteiger charge is -2.03. The number of aliphatic hydroxyl groups excluding tert-OH is 1. The standard InChI is InChI=1S/C13H13F2N3O2/c1-20-11-4-2-9(3-5-11)7-18-13(15)12(16-17-18)6-10(14)8-19/h2-6,19H,7-8H2,1H3/b10-6-. The number of benzene rings is 1. The first-order chi connectivity index (χ1) is 9.63. The van der Waals surface area contributed by atoms with Crippen molar-refractivity contribution in [1.29, 1.82) is 0 Å². The minimum absolute atomic E-state index is 0.164. The Labute approximate surface area is 114 Å². The topological polar surface area (TPSA) is 60.2 Å². The molecule has 20 heavy (non-hydrogen) atoms. The van der Waals surface area contributed by atoms with Crippen molar-refractivity contribution in [2.45, 2.75) is 6.54 Å². The van der Waals surface area contributed by atoms with Crippen molar-refractivity contribution in [1.82, 2.24) is 15.0 Å². The fourth-order valence-electron chi connectivity index (χ4n) is 1.60. The Morgan fingerprint density at radius 2 is 2.10 bits per heavy atom. The van der Waals surface area contributed by atoms with Gasteiger partial charge in [0.15, 0.2) is 0 Å². The Kier molecular flexibility index (Phi) is 4.41. The van der Waals surface area contributed by atoms with E-state index in [4.69, 9.17) is 9.84 Å². The Balaban J connectivity index is 2.17. The average molecular weight is 281 g/mol. The maximum absolute atomic E-state index is 13.9. The zero-order chi connectivity index (χ0) is 14.5. The first-order valence-corrected chi connectivity index (χ1v) is 5.83. The molecule has 1 aromatic carbocycles. The number of halogens is 2. The molecule has 0 saturated heterocycles. The Morgan fingerprint density at radius 3 is 2.70 bits per heavy atom. The van der Waals surface area contributed by atoms with Crippen molar-refractivity contribution >= 4 is 6.08 Å². The van der Waals surface area contributed by atoms with E-state index < -0.39 is 18.4 Å². The summed E-state index contributed by atoms with van der Waals surface area (Å²) in [7, 11) is 1.56. The number of ether oxygens (including phenoxy) is 1. The molecular weight excluding hydrogens is 268 g/mol. The number of hydrogen-bond acceptors (Lipinski definition) is 4. The van der Waals surface area contributed by atoms with Gasteiger partial charge in [0.1, 0.15) is 17.3 Å². The minimum Gasteiger partial charge on any atom is -0.497 e. The molecule has 0 unspecified atom stereocenters. The quantitative estimate of drug-likeness (QED) is 0.907. The van der Waals surface area contributed by atoms with Gasteiger partial charge in [-0.2, -0.15) is 4.39 Å². The molecule has 0 aliphatic heterocycles. The summed E-state index contributed by atoms with van der Waals surface area (Å²) < 4.78 is 32.8. The molecule has 2 rings (SSSR count). The first-order valence-electron chi connectivity index (χ1n) is 5.83. The third-order valence-corrected chi connectivity index (χ3v) is 2.63. The van der Waals surface area contributed by atoms with E-state index in [0.717, 1.165) is 16.3 Å². The van der Waals surface area contributed by atoms with Crippen LogP contribution in [0.5, 0.6) is 5.75 Å². The fourth-order valence-corrected chi connectivity index (χ4v) is 1.60. The van der Waals surface area contributed by atoms with Gasteiger partial charge in [0, 0.05) is 6.08 Å². The third kappa shape index (κ3) is 3.18. The molecule has 0 fully saturated rings. The van der Waals surface area contributed by atoms with E-state index in [-0.39, 0.29) is 12.2 Å². The molecule has 0 bridgehead atoms. The first kappa shape index (κ1) is 14.1. The van der Waals surface area contributed by atoms with Gasteiger partial charge >= 0.3 is 0 Å². The van der Waals surface area contributed by atoms with Crippen LogP contribution in [0.15, 0.2) is 30.1 Å². The van der Waals surface area contributed by atoms with Crippen molar-refractivity contribution in [2.24, 2.45) is 0 Å². The van der Waals surface area contributed by atoms with Crippen LogP contribution in [0.3, 0.4) is 0 Å². The van der Waals surface area contributed by atoms with Gasteiger partial charge in [0.2, 0.25) is 5.95 Å². The summed E-state index contributed by atoms with van der Waals surface area (Å²) >= 11 is 0. The largest absolute Gasteiger partial charge is 0.497 e. The predicted octanol–water partition coefficient (Wildman–Crippen LogP) is 1.78. The van der Waals surface area contributed by atoms with Crippen LogP contribution in [-0.2, 0) is 6.54 Å². The molecule has 106 valence electrons. The van der Waals surface area contributed by atoms with Crippen LogP contribution in [0, 0.1) is 5.95 Å². The maximum atomic E-state index is 13.9. The van der Waals surface area contributed by atoms with Crippen LogP contribution in [0.25, 0.3) is 6.08 Å². The molecule has 0 radical (unpaired) electrons. The van der Waals surface area contributed by atoms with Gasteiger partial charge in [-0.1, -0.05) is 17.3 Å². The second-order valence-electron chi connectivity index (χ2n) is 4.02. The molecule has 7 heteroatoms. The number of aliphatic hydroxyl groups is 1. The number of methoxy groups -OCH3 is 1. The Morgan fingerprint density at radius 1 is 1.40 bits per heavy atom. The smallest absolute Gasteiger partial charge is 0.239 e. The minimum atomic E-state index is -0.875. The summed E-state index contributed by atoms with van der Waals surface area (Å²) in [6.07, 6.45) is 0.812. The lowest BCUT2D eigenvalue weighted by Crippen LogP contribution is -2.05. The number of nitrogens with zero attached hydrogens (tertiary/aromatic N) is 3. The zero-order valence-corrected chi connectivity index (χ0v) is 10.8. The van der Waals surface area contributed by atoms with E-state index in [1.807, 2.05) is 0 Å². The van der Waals surface area contributed by atoms with Crippen molar-refractivity contribution in [3.63, 3.8) is 0 Å². The summed E-state index contributed by atoms with van der Waals surface area (Å²) in [6.45, 7) is -0.637. The number of aromatic nitrogens is 3. The fraction of sp³-hybridized carbons (Fsp3) is 0.231. The molecule has 2 aromatic rings. The summed E-state index contributed by atoms with van der Waals surface area (Å²) in [6, 6.07) is 7.03. The monoisotopic (exact) mass is 281 g/mol. The van der Waals surface area contributed by atoms with Gasteiger partial charge < -0.3 is 9.84 Å². The molecule has 0 aliphatic carbocycles. The lowest BCUT2D eigenvalue weighted by atomic mass is 10.2. The number of hydrogen-bond donors (Lipinski definition) is 1. The Hall–Kier alpha value is -2.28. The molecule has 5 nitrogen and oxygen atoms in total. The molecule has 0 amide bonds. The summed E-state index contributed by atoms with van der Waals surface area (Å²) in [5.74, 6) is -0.939. The normalized spacial score (nSPS) is 11.7.